The summed E-state index contributed by atoms with van der Waals surface area (Å²) in [6.07, 6.45) is 1.97. The van der Waals surface area contributed by atoms with Gasteiger partial charge in [0.2, 0.25) is 0 Å². The van der Waals surface area contributed by atoms with Crippen LogP contribution in [0.4, 0.5) is 0 Å². The first-order chi connectivity index (χ1) is 13.2. The molecule has 0 spiro atoms. The van der Waals surface area contributed by atoms with Crippen molar-refractivity contribution in [2.24, 2.45) is 0 Å². The van der Waals surface area contributed by atoms with Gasteiger partial charge in [0, 0.05) is 25.3 Å². The molecule has 1 aromatic carbocycles. The third-order valence-corrected chi connectivity index (χ3v) is 5.05. The van der Waals surface area contributed by atoms with Gasteiger partial charge in [-0.3, -0.25) is 4.79 Å². The minimum absolute atomic E-state index is 0.000768. The molecule has 0 unspecified atom stereocenters. The Morgan fingerprint density at radius 1 is 1.26 bits per heavy atom. The van der Waals surface area contributed by atoms with E-state index in [2.05, 4.69) is 10.1 Å². The van der Waals surface area contributed by atoms with Gasteiger partial charge in [-0.25, -0.2) is 4.98 Å². The number of carbonyl (C=O) groups excluding carboxylic acids is 1. The van der Waals surface area contributed by atoms with Gasteiger partial charge >= 0.3 is 0 Å². The van der Waals surface area contributed by atoms with Gasteiger partial charge in [-0.05, 0) is 32.8 Å². The maximum atomic E-state index is 13.3. The number of hydrogen-bond acceptors (Lipinski definition) is 5. The highest BCUT2D eigenvalue weighted by atomic mass is 16.5. The van der Waals surface area contributed by atoms with Crippen LogP contribution in [0.2, 0.25) is 0 Å². The van der Waals surface area contributed by atoms with Crippen molar-refractivity contribution in [2.45, 2.75) is 32.8 Å². The lowest BCUT2D eigenvalue weighted by Gasteiger charge is -2.32. The molecule has 0 aliphatic carbocycles. The molecule has 1 saturated heterocycles. The van der Waals surface area contributed by atoms with Crippen LogP contribution in [-0.2, 0) is 4.74 Å². The fourth-order valence-corrected chi connectivity index (χ4v) is 3.65. The summed E-state index contributed by atoms with van der Waals surface area (Å²) in [5.41, 5.74) is 3.35. The number of aryl methyl sites for hydroxylation is 1. The van der Waals surface area contributed by atoms with E-state index in [4.69, 9.17) is 9.26 Å². The summed E-state index contributed by atoms with van der Waals surface area (Å²) in [6, 6.07) is 11.7. The maximum absolute atomic E-state index is 13.3. The summed E-state index contributed by atoms with van der Waals surface area (Å²) in [4.78, 5) is 19.8. The Morgan fingerprint density at radius 2 is 2.00 bits per heavy atom. The average molecular weight is 365 g/mol. The molecule has 0 radical (unpaired) electrons. The average Bonchev–Trinajstić information content (AvgIpc) is 3.09. The van der Waals surface area contributed by atoms with E-state index >= 15 is 0 Å². The number of hydrogen-bond donors (Lipinski definition) is 0. The first-order valence-electron chi connectivity index (χ1n) is 9.40. The monoisotopic (exact) mass is 365 g/mol. The van der Waals surface area contributed by atoms with E-state index in [1.807, 2.05) is 55.1 Å². The molecule has 6 heteroatoms. The Hall–Kier alpha value is -2.73. The van der Waals surface area contributed by atoms with Crippen LogP contribution in [0.3, 0.4) is 0 Å². The number of nitrogens with zero attached hydrogens (tertiary/aromatic N) is 3. The largest absolute Gasteiger partial charge is 0.378 e. The number of amides is 1. The van der Waals surface area contributed by atoms with Crippen LogP contribution < -0.4 is 0 Å². The number of carbonyl (C=O) groups is 1. The number of likely N-dealkylation sites (tertiary alicyclic amines) is 1. The molecule has 3 aromatic rings. The highest BCUT2D eigenvalue weighted by Gasteiger charge is 2.27. The maximum Gasteiger partial charge on any atom is 0.259 e. The number of rotatable bonds is 4. The number of piperidine rings is 1. The predicted octanol–water partition coefficient (Wildman–Crippen LogP) is 3.84. The van der Waals surface area contributed by atoms with Crippen molar-refractivity contribution in [1.82, 2.24) is 15.0 Å². The fraction of sp³-hybridized carbons (Fsp3) is 0.381. The third-order valence-electron chi connectivity index (χ3n) is 5.05. The SMILES string of the molecule is CCOC1CCN(C(=O)c2cc(-c3ccccc3)nc3onc(C)c23)CC1. The van der Waals surface area contributed by atoms with Crippen LogP contribution in [0.15, 0.2) is 40.9 Å². The molecule has 0 N–H and O–H groups in total. The molecular weight excluding hydrogens is 342 g/mol. The van der Waals surface area contributed by atoms with Crippen LogP contribution in [0, 0.1) is 6.92 Å². The van der Waals surface area contributed by atoms with Crippen LogP contribution in [-0.4, -0.2) is 46.7 Å². The van der Waals surface area contributed by atoms with E-state index in [-0.39, 0.29) is 12.0 Å². The first kappa shape index (κ1) is 17.7. The molecule has 3 heterocycles. The van der Waals surface area contributed by atoms with Crippen molar-refractivity contribution in [3.05, 3.63) is 47.7 Å². The minimum Gasteiger partial charge on any atom is -0.378 e. The molecular formula is C21H23N3O3. The summed E-state index contributed by atoms with van der Waals surface area (Å²) in [6.45, 7) is 5.94. The molecule has 6 nitrogen and oxygen atoms in total. The van der Waals surface area contributed by atoms with Gasteiger partial charge in [-0.15, -0.1) is 0 Å². The fourth-order valence-electron chi connectivity index (χ4n) is 3.65. The van der Waals surface area contributed by atoms with Gasteiger partial charge in [-0.1, -0.05) is 35.5 Å². The molecule has 1 aliphatic rings. The van der Waals surface area contributed by atoms with Crippen LogP contribution in [0.5, 0.6) is 0 Å². The summed E-state index contributed by atoms with van der Waals surface area (Å²) in [7, 11) is 0. The molecule has 0 bridgehead atoms. The Labute approximate surface area is 158 Å². The first-order valence-corrected chi connectivity index (χ1v) is 9.40. The second-order valence-electron chi connectivity index (χ2n) is 6.82. The van der Waals surface area contributed by atoms with Gasteiger partial charge in [0.15, 0.2) is 0 Å². The van der Waals surface area contributed by atoms with Crippen LogP contribution in [0.25, 0.3) is 22.4 Å². The molecule has 4 rings (SSSR count). The number of ether oxygens (including phenoxy) is 1. The zero-order chi connectivity index (χ0) is 18.8. The van der Waals surface area contributed by atoms with Gasteiger partial charge in [0.25, 0.3) is 11.6 Å². The summed E-state index contributed by atoms with van der Waals surface area (Å²) < 4.78 is 11.1. The molecule has 0 atom stereocenters. The van der Waals surface area contributed by atoms with Crippen LogP contribution >= 0.6 is 0 Å². The highest BCUT2D eigenvalue weighted by Crippen LogP contribution is 2.28. The quantitative estimate of drug-likeness (QED) is 0.703. The molecule has 1 amide bonds. The van der Waals surface area contributed by atoms with E-state index < -0.39 is 0 Å². The number of benzene rings is 1. The number of fused-ring (bicyclic) bond motifs is 1. The van der Waals surface area contributed by atoms with E-state index in [0.717, 1.165) is 18.4 Å². The van der Waals surface area contributed by atoms with Crippen molar-refractivity contribution >= 4 is 17.0 Å². The molecule has 1 fully saturated rings. The van der Waals surface area contributed by atoms with Gasteiger partial charge in [0.05, 0.1) is 28.4 Å². The Morgan fingerprint density at radius 3 is 2.70 bits per heavy atom. The van der Waals surface area contributed by atoms with E-state index in [9.17, 15) is 4.79 Å². The summed E-state index contributed by atoms with van der Waals surface area (Å²) >= 11 is 0. The lowest BCUT2D eigenvalue weighted by Crippen LogP contribution is -2.41. The zero-order valence-electron chi connectivity index (χ0n) is 15.6. The van der Waals surface area contributed by atoms with E-state index in [0.29, 0.717) is 47.7 Å². The van der Waals surface area contributed by atoms with Crippen molar-refractivity contribution in [3.63, 3.8) is 0 Å². The molecule has 1 aliphatic heterocycles. The van der Waals surface area contributed by atoms with Crippen molar-refractivity contribution in [1.29, 1.82) is 0 Å². The van der Waals surface area contributed by atoms with E-state index in [1.165, 1.54) is 0 Å². The molecule has 27 heavy (non-hydrogen) atoms. The predicted molar refractivity (Wildman–Crippen MR) is 103 cm³/mol. The number of pyridine rings is 1. The standard InChI is InChI=1S/C21H23N3O3/c1-3-26-16-9-11-24(12-10-16)21(25)17-13-18(15-7-5-4-6-8-15)22-20-19(17)14(2)23-27-20/h4-8,13,16H,3,9-12H2,1-2H3. The highest BCUT2D eigenvalue weighted by molar-refractivity contribution is 6.07. The van der Waals surface area contributed by atoms with Crippen LogP contribution in [0.1, 0.15) is 35.8 Å². The number of aromatic nitrogens is 2. The van der Waals surface area contributed by atoms with Gasteiger partial charge in [-0.2, -0.15) is 0 Å². The minimum atomic E-state index is 0.000768. The normalized spacial score (nSPS) is 15.4. The second kappa shape index (κ2) is 7.48. The van der Waals surface area contributed by atoms with Gasteiger partial charge in [0.1, 0.15) is 0 Å². The van der Waals surface area contributed by atoms with Gasteiger partial charge < -0.3 is 14.2 Å². The van der Waals surface area contributed by atoms with Crippen molar-refractivity contribution < 1.29 is 14.1 Å². The van der Waals surface area contributed by atoms with Crippen molar-refractivity contribution in [2.75, 3.05) is 19.7 Å². The Bertz CT molecular complexity index is 944. The lowest BCUT2D eigenvalue weighted by atomic mass is 10.0. The third kappa shape index (κ3) is 3.45. The Balaban J connectivity index is 1.70. The smallest absolute Gasteiger partial charge is 0.259 e. The molecule has 0 saturated carbocycles. The van der Waals surface area contributed by atoms with Crippen molar-refractivity contribution in [3.8, 4) is 11.3 Å². The molecule has 2 aromatic heterocycles. The van der Waals surface area contributed by atoms with E-state index in [1.54, 1.807) is 0 Å². The zero-order valence-corrected chi connectivity index (χ0v) is 15.6. The summed E-state index contributed by atoms with van der Waals surface area (Å²) in [5, 5.41) is 4.73. The lowest BCUT2D eigenvalue weighted by molar-refractivity contribution is 0.0146. The topological polar surface area (TPSA) is 68.5 Å². The summed E-state index contributed by atoms with van der Waals surface area (Å²) in [5.74, 6) is 0.000768. The molecule has 140 valence electrons. The second-order valence-corrected chi connectivity index (χ2v) is 6.82. The Kier molecular flexibility index (Phi) is 4.90.